The van der Waals surface area contributed by atoms with Gasteiger partial charge in [0.1, 0.15) is 0 Å². The van der Waals surface area contributed by atoms with Crippen molar-refractivity contribution in [2.45, 2.75) is 0 Å². The van der Waals surface area contributed by atoms with Crippen LogP contribution in [0.5, 0.6) is 0 Å². The van der Waals surface area contributed by atoms with E-state index in [1.54, 1.807) is 0 Å². The average molecular weight is 401 g/mol. The van der Waals surface area contributed by atoms with Crippen molar-refractivity contribution in [3.05, 3.63) is 46.0 Å². The standard InChI is InChI=1S/C12H7IN2.CH2.3Al/c14-13-8-5-6-12-10(7-8)9-3-1-2-4-11(9)15-12;;;;/h1-7H;1H2;;;/q-2;;;;+1. The number of para-hydroxylation sites is 1. The topological polar surface area (TPSA) is 8.17 Å². The Hall–Kier alpha value is 0.237. The van der Waals surface area contributed by atoms with Crippen molar-refractivity contribution in [2.75, 3.05) is 0 Å². The third kappa shape index (κ3) is 2.70. The Kier molecular flexibility index (Phi) is 4.43. The van der Waals surface area contributed by atoms with E-state index in [9.17, 15) is 0 Å². The van der Waals surface area contributed by atoms with Crippen LogP contribution in [0.25, 0.3) is 21.8 Å². The van der Waals surface area contributed by atoms with Gasteiger partial charge >= 0.3 is 147 Å². The molecule has 1 heterocycles. The Balaban J connectivity index is 2.22. The first kappa shape index (κ1) is 14.2. The van der Waals surface area contributed by atoms with Crippen LogP contribution in [-0.4, -0.2) is 58.0 Å². The first-order valence-electron chi connectivity index (χ1n) is 5.80. The predicted molar refractivity (Wildman–Crippen MR) is 79.8 cm³/mol. The molecule has 0 amide bonds. The molecule has 3 aromatic rings. The number of hydrogen-bond donors (Lipinski definition) is 0. The average Bonchev–Trinajstić information content (AvgIpc) is 2.73. The summed E-state index contributed by atoms with van der Waals surface area (Å²) in [7, 11) is 0. The van der Waals surface area contributed by atoms with Crippen LogP contribution in [0.3, 0.4) is 0 Å². The first-order chi connectivity index (χ1) is 9.20. The molecular formula is C13H9Al3IN2-. The second kappa shape index (κ2) is 5.93. The van der Waals surface area contributed by atoms with Gasteiger partial charge in [0.25, 0.3) is 0 Å². The Labute approximate surface area is 146 Å². The van der Waals surface area contributed by atoms with Crippen LogP contribution in [0.2, 0.25) is 0 Å². The molecule has 6 heteroatoms. The fourth-order valence-electron chi connectivity index (χ4n) is 2.18. The minimum absolute atomic E-state index is 0.103. The second-order valence-electron chi connectivity index (χ2n) is 4.16. The molecule has 88 valence electrons. The number of hydrogen-bond acceptors (Lipinski definition) is 1. The van der Waals surface area contributed by atoms with E-state index in [0.29, 0.717) is 0 Å². The summed E-state index contributed by atoms with van der Waals surface area (Å²) in [6.07, 6.45) is 0. The molecule has 1 aromatic heterocycles. The minimum atomic E-state index is -0.103. The monoisotopic (exact) mass is 401 g/mol. The maximum absolute atomic E-state index is 4.01. The molecule has 0 aliphatic carbocycles. The van der Waals surface area contributed by atoms with Gasteiger partial charge in [-0.2, -0.15) is 0 Å². The summed E-state index contributed by atoms with van der Waals surface area (Å²) < 4.78 is 5.96. The molecule has 0 saturated heterocycles. The van der Waals surface area contributed by atoms with E-state index < -0.39 is 0 Å². The van der Waals surface area contributed by atoms with E-state index >= 15 is 0 Å². The summed E-state index contributed by atoms with van der Waals surface area (Å²) in [4.78, 5) is 0. The van der Waals surface area contributed by atoms with E-state index in [1.807, 2.05) is 0 Å². The molecule has 19 heavy (non-hydrogen) atoms. The Morgan fingerprint density at radius 2 is 1.84 bits per heavy atom. The maximum atomic E-state index is 4.01. The molecule has 0 saturated carbocycles. The Morgan fingerprint density at radius 1 is 1.11 bits per heavy atom. The zero-order valence-corrected chi connectivity index (χ0v) is 15.9. The van der Waals surface area contributed by atoms with Crippen LogP contribution in [0, 0.1) is 3.57 Å². The molecule has 4 radical (unpaired) electrons. The molecule has 0 unspecified atom stereocenters. The summed E-state index contributed by atoms with van der Waals surface area (Å²) >= 11 is 5.66. The molecule has 0 bridgehead atoms. The van der Waals surface area contributed by atoms with Gasteiger partial charge in [0, 0.05) is 0 Å². The van der Waals surface area contributed by atoms with Crippen molar-refractivity contribution < 1.29 is 21.5 Å². The zero-order valence-electron chi connectivity index (χ0n) is 10.3. The zero-order chi connectivity index (χ0) is 13.4. The van der Waals surface area contributed by atoms with E-state index in [-0.39, 0.29) is 36.5 Å². The molecule has 2 aromatic carbocycles. The molecular weight excluding hydrogens is 392 g/mol. The molecule has 0 spiro atoms. The number of rotatable bonds is 3. The third-order valence-corrected chi connectivity index (χ3v) is 8.86. The Morgan fingerprint density at radius 3 is 2.63 bits per heavy atom. The molecule has 0 N–H and O–H groups in total. The molecule has 3 rings (SSSR count). The van der Waals surface area contributed by atoms with Crippen molar-refractivity contribution in [3.63, 3.8) is 0 Å². The van der Waals surface area contributed by atoms with Crippen LogP contribution in [-0.2, 0) is 0 Å². The molecule has 0 fully saturated rings. The summed E-state index contributed by atoms with van der Waals surface area (Å²) in [6, 6.07) is 15.4. The van der Waals surface area contributed by atoms with E-state index in [0.717, 1.165) is 0 Å². The van der Waals surface area contributed by atoms with Gasteiger partial charge in [-0.3, -0.25) is 0 Å². The fraction of sp³-hybridized carbons (Fsp3) is 0. The van der Waals surface area contributed by atoms with Gasteiger partial charge in [0.05, 0.1) is 0 Å². The van der Waals surface area contributed by atoms with Crippen LogP contribution in [0.15, 0.2) is 42.5 Å². The van der Waals surface area contributed by atoms with Crippen LogP contribution in [0.1, 0.15) is 0 Å². The summed E-state index contributed by atoms with van der Waals surface area (Å²) in [6.45, 7) is 0. The van der Waals surface area contributed by atoms with E-state index in [2.05, 4.69) is 85.5 Å². The fourth-order valence-corrected chi connectivity index (χ4v) is 6.23. The number of fused-ring (bicyclic) bond motifs is 3. The van der Waals surface area contributed by atoms with Crippen LogP contribution in [0.4, 0.5) is 0 Å². The van der Waals surface area contributed by atoms with Gasteiger partial charge in [0.2, 0.25) is 0 Å². The molecule has 0 aliphatic rings. The van der Waals surface area contributed by atoms with Crippen molar-refractivity contribution in [2.24, 2.45) is 0 Å². The van der Waals surface area contributed by atoms with Crippen LogP contribution >= 0.6 is 0 Å². The first-order valence-corrected chi connectivity index (χ1v) is 10.2. The van der Waals surface area contributed by atoms with Gasteiger partial charge < -0.3 is 0 Å². The summed E-state index contributed by atoms with van der Waals surface area (Å²) in [5.41, 5.74) is 2.54. The summed E-state index contributed by atoms with van der Waals surface area (Å²) in [5, 5.41) is 6.68. The van der Waals surface area contributed by atoms with Crippen LogP contribution < -0.4 is 21.5 Å². The number of nitrogens with zero attached hydrogens (tertiary/aromatic N) is 2. The Bertz CT molecular complexity index is 769. The van der Waals surface area contributed by atoms with Crippen molar-refractivity contribution in [1.82, 2.24) is 4.63 Å². The molecule has 0 atom stereocenters. The predicted octanol–water partition coefficient (Wildman–Crippen LogP) is -1.66. The quantitative estimate of drug-likeness (QED) is 0.290. The van der Waals surface area contributed by atoms with Crippen molar-refractivity contribution in [1.29, 1.82) is 0 Å². The molecule has 0 aliphatic heterocycles. The normalized spacial score (nSPS) is 10.9. The van der Waals surface area contributed by atoms with Gasteiger partial charge in [-0.05, 0) is 0 Å². The van der Waals surface area contributed by atoms with E-state index in [1.165, 1.54) is 25.4 Å². The van der Waals surface area contributed by atoms with Gasteiger partial charge in [-0.1, -0.05) is 0 Å². The SMILES string of the molecule is [CH2]=[Al][N]([Al])[I-]c1ccc2c(c1)c1ccccc1[n]2[Al]. The third-order valence-electron chi connectivity index (χ3n) is 3.04. The second-order valence-corrected chi connectivity index (χ2v) is 11.7. The van der Waals surface area contributed by atoms with Crippen molar-refractivity contribution >= 4 is 75.2 Å². The number of halogens is 1. The van der Waals surface area contributed by atoms with Gasteiger partial charge in [-0.25, -0.2) is 0 Å². The van der Waals surface area contributed by atoms with E-state index in [4.69, 9.17) is 0 Å². The summed E-state index contributed by atoms with van der Waals surface area (Å²) in [5.74, 6) is 0. The number of benzene rings is 2. The number of aromatic nitrogens is 1. The van der Waals surface area contributed by atoms with Gasteiger partial charge in [-0.15, -0.1) is 0 Å². The van der Waals surface area contributed by atoms with Crippen molar-refractivity contribution in [3.8, 4) is 0 Å². The molecule has 2 nitrogen and oxygen atoms in total. The van der Waals surface area contributed by atoms with Gasteiger partial charge in [0.15, 0.2) is 0 Å².